The lowest BCUT2D eigenvalue weighted by molar-refractivity contribution is 0.0334. The lowest BCUT2D eigenvalue weighted by Gasteiger charge is -2.39. The molecule has 0 bridgehead atoms. The van der Waals surface area contributed by atoms with Gasteiger partial charge in [0.05, 0.1) is 12.2 Å². The molecule has 0 amide bonds. The first kappa shape index (κ1) is 19.6. The Bertz CT molecular complexity index is 395. The molecule has 3 rings (SSSR count). The molecular weight excluding hydrogens is 308 g/mol. The van der Waals surface area contributed by atoms with E-state index in [4.69, 9.17) is 4.74 Å². The van der Waals surface area contributed by atoms with Crippen LogP contribution in [0.1, 0.15) is 79.1 Å². The molecule has 5 unspecified atom stereocenters. The number of piperidine rings is 2. The van der Waals surface area contributed by atoms with Gasteiger partial charge in [-0.15, -0.1) is 0 Å². The molecule has 0 aromatic rings. The van der Waals surface area contributed by atoms with Crippen molar-refractivity contribution in [2.24, 2.45) is 17.8 Å². The van der Waals surface area contributed by atoms with Crippen LogP contribution in [0.25, 0.3) is 0 Å². The Morgan fingerprint density at radius 2 is 1.84 bits per heavy atom. The second-order valence-electron chi connectivity index (χ2n) is 9.63. The van der Waals surface area contributed by atoms with Gasteiger partial charge in [0, 0.05) is 18.6 Å². The summed E-state index contributed by atoms with van der Waals surface area (Å²) in [6.45, 7) is 13.4. The van der Waals surface area contributed by atoms with Crippen LogP contribution < -0.4 is 5.32 Å². The van der Waals surface area contributed by atoms with E-state index in [-0.39, 0.29) is 0 Å². The summed E-state index contributed by atoms with van der Waals surface area (Å²) in [7, 11) is 0. The van der Waals surface area contributed by atoms with Gasteiger partial charge in [-0.2, -0.15) is 0 Å². The van der Waals surface area contributed by atoms with E-state index in [0.29, 0.717) is 24.3 Å². The predicted molar refractivity (Wildman–Crippen MR) is 106 cm³/mol. The van der Waals surface area contributed by atoms with E-state index in [9.17, 15) is 0 Å². The van der Waals surface area contributed by atoms with Crippen molar-refractivity contribution < 1.29 is 4.74 Å². The molecule has 0 aromatic carbocycles. The van der Waals surface area contributed by atoms with Crippen molar-refractivity contribution in [3.63, 3.8) is 0 Å². The van der Waals surface area contributed by atoms with Gasteiger partial charge in [0.2, 0.25) is 0 Å². The number of hydrogen-bond donors (Lipinski definition) is 1. The Kier molecular flexibility index (Phi) is 7.22. The Hall–Kier alpha value is -0.120. The van der Waals surface area contributed by atoms with Crippen LogP contribution in [0.4, 0.5) is 0 Å². The van der Waals surface area contributed by atoms with E-state index in [1.165, 1.54) is 71.0 Å². The fourth-order valence-electron chi connectivity index (χ4n) is 5.20. The predicted octanol–water partition coefficient (Wildman–Crippen LogP) is 4.46. The molecule has 1 aliphatic carbocycles. The van der Waals surface area contributed by atoms with Gasteiger partial charge in [0.1, 0.15) is 0 Å². The summed E-state index contributed by atoms with van der Waals surface area (Å²) in [6, 6.07) is 1.39. The van der Waals surface area contributed by atoms with Crippen molar-refractivity contribution in [2.75, 3.05) is 19.6 Å². The topological polar surface area (TPSA) is 24.5 Å². The number of likely N-dealkylation sites (tertiary alicyclic amines) is 1. The minimum atomic E-state index is 0.428. The van der Waals surface area contributed by atoms with Gasteiger partial charge in [0.15, 0.2) is 0 Å². The Morgan fingerprint density at radius 3 is 2.56 bits per heavy atom. The van der Waals surface area contributed by atoms with Gasteiger partial charge >= 0.3 is 0 Å². The highest BCUT2D eigenvalue weighted by Gasteiger charge is 2.31. The summed E-state index contributed by atoms with van der Waals surface area (Å²) < 4.78 is 6.07. The zero-order chi connectivity index (χ0) is 17.8. The van der Waals surface area contributed by atoms with Crippen LogP contribution in [0.15, 0.2) is 0 Å². The third kappa shape index (κ3) is 6.22. The molecule has 3 fully saturated rings. The molecule has 1 N–H and O–H groups in total. The maximum absolute atomic E-state index is 6.07. The lowest BCUT2D eigenvalue weighted by atomic mass is 9.76. The summed E-state index contributed by atoms with van der Waals surface area (Å²) in [6.07, 6.45) is 11.8. The van der Waals surface area contributed by atoms with Crippen molar-refractivity contribution in [3.8, 4) is 0 Å². The standard InChI is InChI=1S/C22H42N2O/c1-16(2)24-11-5-6-19(15-24)12-17(3)20-9-10-23-21(14-20)13-18(4)25-22-7-8-22/h16-23H,5-15H2,1-4H3. The Balaban J connectivity index is 1.42. The average Bonchev–Trinajstić information content (AvgIpc) is 3.39. The van der Waals surface area contributed by atoms with Crippen molar-refractivity contribution in [1.29, 1.82) is 0 Å². The van der Waals surface area contributed by atoms with Crippen LogP contribution in [0.5, 0.6) is 0 Å². The summed E-state index contributed by atoms with van der Waals surface area (Å²) >= 11 is 0. The van der Waals surface area contributed by atoms with E-state index in [2.05, 4.69) is 37.9 Å². The normalized spacial score (nSPS) is 34.2. The molecule has 0 radical (unpaired) electrons. The molecule has 3 aliphatic rings. The number of nitrogens with zero attached hydrogens (tertiary/aromatic N) is 1. The van der Waals surface area contributed by atoms with Crippen molar-refractivity contribution >= 4 is 0 Å². The molecule has 146 valence electrons. The van der Waals surface area contributed by atoms with Crippen LogP contribution in [0.3, 0.4) is 0 Å². The molecule has 0 spiro atoms. The van der Waals surface area contributed by atoms with E-state index in [1.54, 1.807) is 0 Å². The van der Waals surface area contributed by atoms with Crippen molar-refractivity contribution in [1.82, 2.24) is 10.2 Å². The zero-order valence-corrected chi connectivity index (χ0v) is 17.2. The number of nitrogens with one attached hydrogen (secondary N) is 1. The van der Waals surface area contributed by atoms with Crippen LogP contribution in [-0.4, -0.2) is 48.8 Å². The van der Waals surface area contributed by atoms with Crippen molar-refractivity contribution in [3.05, 3.63) is 0 Å². The number of rotatable bonds is 8. The summed E-state index contributed by atoms with van der Waals surface area (Å²) in [5, 5.41) is 3.77. The van der Waals surface area contributed by atoms with E-state index in [0.717, 1.165) is 17.8 Å². The fourth-order valence-corrected chi connectivity index (χ4v) is 5.20. The smallest absolute Gasteiger partial charge is 0.0580 e. The summed E-state index contributed by atoms with van der Waals surface area (Å²) in [4.78, 5) is 2.70. The molecule has 5 atom stereocenters. The monoisotopic (exact) mass is 350 g/mol. The van der Waals surface area contributed by atoms with Crippen LogP contribution >= 0.6 is 0 Å². The molecule has 1 saturated carbocycles. The molecule has 2 heterocycles. The Labute approximate surface area is 156 Å². The highest BCUT2D eigenvalue weighted by molar-refractivity contribution is 4.85. The van der Waals surface area contributed by atoms with Crippen molar-refractivity contribution in [2.45, 2.75) is 103 Å². The first-order valence-corrected chi connectivity index (χ1v) is 11.1. The second-order valence-corrected chi connectivity index (χ2v) is 9.63. The van der Waals surface area contributed by atoms with Gasteiger partial charge in [-0.3, -0.25) is 0 Å². The Morgan fingerprint density at radius 1 is 1.04 bits per heavy atom. The molecule has 2 aliphatic heterocycles. The maximum Gasteiger partial charge on any atom is 0.0580 e. The van der Waals surface area contributed by atoms with Gasteiger partial charge in [-0.25, -0.2) is 0 Å². The molecule has 2 saturated heterocycles. The van der Waals surface area contributed by atoms with E-state index in [1.807, 2.05) is 0 Å². The number of hydrogen-bond acceptors (Lipinski definition) is 3. The minimum absolute atomic E-state index is 0.428. The maximum atomic E-state index is 6.07. The molecule has 25 heavy (non-hydrogen) atoms. The molecule has 0 aromatic heterocycles. The highest BCUT2D eigenvalue weighted by atomic mass is 16.5. The lowest BCUT2D eigenvalue weighted by Crippen LogP contribution is -2.43. The van der Waals surface area contributed by atoms with Crippen LogP contribution in [0.2, 0.25) is 0 Å². The van der Waals surface area contributed by atoms with E-state index >= 15 is 0 Å². The average molecular weight is 351 g/mol. The largest absolute Gasteiger partial charge is 0.375 e. The highest BCUT2D eigenvalue weighted by Crippen LogP contribution is 2.34. The van der Waals surface area contributed by atoms with Crippen LogP contribution in [-0.2, 0) is 4.74 Å². The SMILES string of the molecule is CC(CC1CC(C(C)CC2CCCN(C(C)C)C2)CCN1)OC1CC1. The van der Waals surface area contributed by atoms with E-state index < -0.39 is 0 Å². The minimum Gasteiger partial charge on any atom is -0.375 e. The molecular formula is C22H42N2O. The first-order chi connectivity index (χ1) is 12.0. The third-order valence-corrected chi connectivity index (χ3v) is 6.89. The zero-order valence-electron chi connectivity index (χ0n) is 17.2. The van der Waals surface area contributed by atoms with Gasteiger partial charge in [-0.1, -0.05) is 6.92 Å². The fraction of sp³-hybridized carbons (Fsp3) is 1.00. The second kappa shape index (κ2) is 9.19. The van der Waals surface area contributed by atoms with Gasteiger partial charge in [0.25, 0.3) is 0 Å². The quantitative estimate of drug-likeness (QED) is 0.699. The molecule has 3 heteroatoms. The van der Waals surface area contributed by atoms with Crippen LogP contribution in [0, 0.1) is 17.8 Å². The summed E-state index contributed by atoms with van der Waals surface area (Å²) in [5.41, 5.74) is 0. The van der Waals surface area contributed by atoms with Gasteiger partial charge < -0.3 is 15.0 Å². The summed E-state index contributed by atoms with van der Waals surface area (Å²) in [5.74, 6) is 2.71. The number of ether oxygens (including phenoxy) is 1. The van der Waals surface area contributed by atoms with Gasteiger partial charge in [-0.05, 0) is 103 Å². The molecule has 3 nitrogen and oxygen atoms in total. The third-order valence-electron chi connectivity index (χ3n) is 6.89. The first-order valence-electron chi connectivity index (χ1n) is 11.1.